The number of aryl methyl sites for hydroxylation is 2. The van der Waals surface area contributed by atoms with Crippen LogP contribution < -0.4 is 30.8 Å². The zero-order valence-electron chi connectivity index (χ0n) is 33.7. The van der Waals surface area contributed by atoms with E-state index in [0.29, 0.717) is 0 Å². The van der Waals surface area contributed by atoms with Crippen molar-refractivity contribution in [1.29, 1.82) is 0 Å². The van der Waals surface area contributed by atoms with Gasteiger partial charge in [0.05, 0.1) is 5.69 Å². The van der Waals surface area contributed by atoms with Gasteiger partial charge in [-0.25, -0.2) is 0 Å². The highest BCUT2D eigenvalue weighted by atomic mass is 16.5. The highest BCUT2D eigenvalue weighted by Crippen LogP contribution is 2.44. The lowest BCUT2D eigenvalue weighted by molar-refractivity contribution is 0.465. The number of rotatable bonds is 5. The molecule has 2 heterocycles. The van der Waals surface area contributed by atoms with Crippen molar-refractivity contribution in [2.45, 2.75) is 66.2 Å². The molecule has 56 heavy (non-hydrogen) atoms. The van der Waals surface area contributed by atoms with E-state index in [1.165, 1.54) is 33.4 Å². The van der Waals surface area contributed by atoms with Gasteiger partial charge in [-0.3, -0.25) is 0 Å². The Morgan fingerprint density at radius 1 is 0.429 bits per heavy atom. The number of hydrogen-bond acceptors (Lipinski definition) is 3. The van der Waals surface area contributed by atoms with Gasteiger partial charge in [0.2, 0.25) is 0 Å². The Hall–Kier alpha value is -6.00. The smallest absolute Gasteiger partial charge is 0.260 e. The zero-order chi connectivity index (χ0) is 38.9. The number of fused-ring (bicyclic) bond motifs is 4. The van der Waals surface area contributed by atoms with E-state index in [9.17, 15) is 0 Å². The molecule has 3 nitrogen and oxygen atoms in total. The summed E-state index contributed by atoms with van der Waals surface area (Å²) in [6.07, 6.45) is 0. The molecule has 0 saturated heterocycles. The highest BCUT2D eigenvalue weighted by molar-refractivity contribution is 6.98. The number of benzene rings is 7. The number of nitrogens with zero attached hydrogens (tertiary/aromatic N) is 1. The quantitative estimate of drug-likeness (QED) is 0.165. The molecular formula is C52H48BNO2. The van der Waals surface area contributed by atoms with Gasteiger partial charge in [-0.1, -0.05) is 139 Å². The van der Waals surface area contributed by atoms with Gasteiger partial charge in [0.1, 0.15) is 23.0 Å². The molecule has 0 aliphatic carbocycles. The predicted octanol–water partition coefficient (Wildman–Crippen LogP) is 12.4. The lowest BCUT2D eigenvalue weighted by atomic mass is 9.34. The Morgan fingerprint density at radius 3 is 1.25 bits per heavy atom. The van der Waals surface area contributed by atoms with Gasteiger partial charge in [-0.15, -0.1) is 0 Å². The summed E-state index contributed by atoms with van der Waals surface area (Å²) in [7, 11) is 0. The fourth-order valence-corrected chi connectivity index (χ4v) is 8.45. The molecule has 7 aromatic rings. The molecular weight excluding hydrogens is 681 g/mol. The van der Waals surface area contributed by atoms with E-state index in [-0.39, 0.29) is 17.5 Å². The van der Waals surface area contributed by atoms with Gasteiger partial charge in [-0.2, -0.15) is 0 Å². The van der Waals surface area contributed by atoms with Gasteiger partial charge in [0.25, 0.3) is 6.71 Å². The van der Waals surface area contributed by atoms with Crippen LogP contribution in [0.15, 0.2) is 146 Å². The summed E-state index contributed by atoms with van der Waals surface area (Å²) in [4.78, 5) is 2.27. The molecule has 0 spiro atoms. The minimum Gasteiger partial charge on any atom is -0.458 e. The van der Waals surface area contributed by atoms with Crippen molar-refractivity contribution in [3.63, 3.8) is 0 Å². The van der Waals surface area contributed by atoms with Crippen molar-refractivity contribution < 1.29 is 9.47 Å². The fourth-order valence-electron chi connectivity index (χ4n) is 8.45. The van der Waals surface area contributed by atoms with Crippen LogP contribution in [0.1, 0.15) is 63.8 Å². The van der Waals surface area contributed by atoms with E-state index in [2.05, 4.69) is 206 Å². The molecule has 0 bridgehead atoms. The Labute approximate surface area is 332 Å². The molecule has 0 atom stereocenters. The normalized spacial score (nSPS) is 12.9. The Morgan fingerprint density at radius 2 is 0.857 bits per heavy atom. The lowest BCUT2D eigenvalue weighted by Crippen LogP contribution is -2.57. The fraction of sp³-hybridized carbons (Fsp3) is 0.192. The average Bonchev–Trinajstić information content (AvgIpc) is 3.17. The van der Waals surface area contributed by atoms with Crippen LogP contribution in [0.25, 0.3) is 22.3 Å². The van der Waals surface area contributed by atoms with Gasteiger partial charge in [0.15, 0.2) is 0 Å². The molecule has 0 fully saturated rings. The molecule has 2 aliphatic heterocycles. The van der Waals surface area contributed by atoms with Crippen molar-refractivity contribution in [1.82, 2.24) is 0 Å². The molecule has 7 aromatic carbocycles. The summed E-state index contributed by atoms with van der Waals surface area (Å²) < 4.78 is 14.0. The van der Waals surface area contributed by atoms with Gasteiger partial charge in [0, 0.05) is 29.0 Å². The number of hydrogen-bond donors (Lipinski definition) is 0. The van der Waals surface area contributed by atoms with Gasteiger partial charge >= 0.3 is 0 Å². The topological polar surface area (TPSA) is 21.7 Å². The standard InChI is InChI=1S/C52H48BNO2/c1-33-27-37(51(3,4)5)21-23-42(33)35-19-25-44-46(29-35)55-48-31-41(54(39-15-11-9-12-16-39)40-17-13-10-14-18-40)32-49-50(48)53(44)45-26-20-36(30-47(45)56-49)43-24-22-38(28-34(43)2)52(6,7)8/h9-32H,1-8H3. The van der Waals surface area contributed by atoms with Crippen molar-refractivity contribution in [3.8, 4) is 45.3 Å². The summed E-state index contributed by atoms with van der Waals surface area (Å²) in [5.41, 5.74) is 16.5. The predicted molar refractivity (Wildman–Crippen MR) is 237 cm³/mol. The van der Waals surface area contributed by atoms with Crippen LogP contribution in [0.4, 0.5) is 17.1 Å². The maximum atomic E-state index is 7.02. The first-order valence-electron chi connectivity index (χ1n) is 19.8. The van der Waals surface area contributed by atoms with Crippen LogP contribution in [0, 0.1) is 13.8 Å². The van der Waals surface area contributed by atoms with Gasteiger partial charge in [-0.05, 0) is 117 Å². The van der Waals surface area contributed by atoms with Crippen molar-refractivity contribution in [2.75, 3.05) is 4.90 Å². The molecule has 0 N–H and O–H groups in total. The summed E-state index contributed by atoms with van der Waals surface area (Å²) in [5, 5.41) is 0. The zero-order valence-corrected chi connectivity index (χ0v) is 33.7. The molecule has 276 valence electrons. The SMILES string of the molecule is Cc1cc(C(C)(C)C)ccc1-c1ccc2c(c1)Oc1cc(N(c3ccccc3)c3ccccc3)cc3c1B2c1ccc(-c2ccc(C(C)(C)C)cc2C)cc1O3. The number of para-hydroxylation sites is 2. The van der Waals surface area contributed by atoms with E-state index in [1.54, 1.807) is 0 Å². The van der Waals surface area contributed by atoms with Crippen molar-refractivity contribution in [2.24, 2.45) is 0 Å². The largest absolute Gasteiger partial charge is 0.458 e. The number of anilines is 3. The van der Waals surface area contributed by atoms with E-state index < -0.39 is 0 Å². The molecule has 0 amide bonds. The van der Waals surface area contributed by atoms with E-state index in [1.807, 2.05) is 0 Å². The summed E-state index contributed by atoms with van der Waals surface area (Å²) in [6.45, 7) is 18.0. The maximum absolute atomic E-state index is 7.02. The molecule has 9 rings (SSSR count). The van der Waals surface area contributed by atoms with Crippen molar-refractivity contribution in [3.05, 3.63) is 168 Å². The van der Waals surface area contributed by atoms with Gasteiger partial charge < -0.3 is 14.4 Å². The molecule has 0 aromatic heterocycles. The van der Waals surface area contributed by atoms with Crippen LogP contribution in [-0.2, 0) is 10.8 Å². The van der Waals surface area contributed by atoms with Crippen LogP contribution in [-0.4, -0.2) is 6.71 Å². The molecule has 4 heteroatoms. The Bertz CT molecular complexity index is 2450. The monoisotopic (exact) mass is 729 g/mol. The second-order valence-electron chi connectivity index (χ2n) is 17.6. The van der Waals surface area contributed by atoms with Crippen LogP contribution in [0.2, 0.25) is 0 Å². The third kappa shape index (κ3) is 6.28. The third-order valence-electron chi connectivity index (χ3n) is 11.6. The van der Waals surface area contributed by atoms with E-state index in [0.717, 1.165) is 67.6 Å². The van der Waals surface area contributed by atoms with Crippen LogP contribution >= 0.6 is 0 Å². The second kappa shape index (κ2) is 13.3. The molecule has 0 unspecified atom stereocenters. The molecule has 0 saturated carbocycles. The average molecular weight is 730 g/mol. The summed E-state index contributed by atoms with van der Waals surface area (Å²) >= 11 is 0. The van der Waals surface area contributed by atoms with Crippen LogP contribution in [0.5, 0.6) is 23.0 Å². The number of ether oxygens (including phenoxy) is 2. The van der Waals surface area contributed by atoms with Crippen molar-refractivity contribution >= 4 is 40.2 Å². The second-order valence-corrected chi connectivity index (χ2v) is 17.6. The Balaban J connectivity index is 1.22. The first kappa shape index (κ1) is 35.7. The first-order chi connectivity index (χ1) is 26.8. The minimum atomic E-state index is -0.0553. The highest BCUT2D eigenvalue weighted by Gasteiger charge is 2.41. The minimum absolute atomic E-state index is 0.0553. The van der Waals surface area contributed by atoms with Crippen LogP contribution in [0.3, 0.4) is 0 Å². The lowest BCUT2D eigenvalue weighted by Gasteiger charge is -2.35. The summed E-state index contributed by atoms with van der Waals surface area (Å²) in [6, 6.07) is 52.7. The molecule has 0 radical (unpaired) electrons. The third-order valence-corrected chi connectivity index (χ3v) is 11.6. The van der Waals surface area contributed by atoms with E-state index >= 15 is 0 Å². The Kier molecular flexibility index (Phi) is 8.50. The summed E-state index contributed by atoms with van der Waals surface area (Å²) in [5.74, 6) is 3.37. The molecule has 2 aliphatic rings. The maximum Gasteiger partial charge on any atom is 0.260 e. The first-order valence-corrected chi connectivity index (χ1v) is 19.8. The van der Waals surface area contributed by atoms with E-state index in [4.69, 9.17) is 9.47 Å².